The van der Waals surface area contributed by atoms with Gasteiger partial charge < -0.3 is 4.90 Å². The van der Waals surface area contributed by atoms with E-state index in [1.165, 1.54) is 12.8 Å². The zero-order valence-corrected chi connectivity index (χ0v) is 11.2. The Hall–Kier alpha value is -1.35. The Morgan fingerprint density at radius 3 is 2.78 bits per heavy atom. The number of fused-ring (bicyclic) bond motifs is 1. The molecular weight excluding hydrogens is 246 g/mol. The van der Waals surface area contributed by atoms with E-state index in [4.69, 9.17) is 11.6 Å². The van der Waals surface area contributed by atoms with Crippen LogP contribution in [0.5, 0.6) is 0 Å². The Morgan fingerprint density at radius 1 is 1.22 bits per heavy atom. The Balaban J connectivity index is 1.91. The predicted molar refractivity (Wildman–Crippen MR) is 75.2 cm³/mol. The van der Waals surface area contributed by atoms with Gasteiger partial charge in [-0.15, -0.1) is 0 Å². The molecule has 1 aliphatic heterocycles. The molecule has 1 saturated heterocycles. The molecule has 94 valence electrons. The smallest absolute Gasteiger partial charge is 0.147 e. The summed E-state index contributed by atoms with van der Waals surface area (Å²) in [5, 5.41) is 0.705. The lowest BCUT2D eigenvalue weighted by atomic mass is 9.99. The van der Waals surface area contributed by atoms with Crippen LogP contribution in [-0.2, 0) is 0 Å². The van der Waals surface area contributed by atoms with Gasteiger partial charge in [0.15, 0.2) is 0 Å². The number of hydrogen-bond acceptors (Lipinski definition) is 3. The van der Waals surface area contributed by atoms with E-state index in [2.05, 4.69) is 21.8 Å². The summed E-state index contributed by atoms with van der Waals surface area (Å²) in [5.41, 5.74) is 1.77. The van der Waals surface area contributed by atoms with Crippen LogP contribution in [0.2, 0.25) is 5.02 Å². The van der Waals surface area contributed by atoms with Gasteiger partial charge in [-0.2, -0.15) is 0 Å². The largest absolute Gasteiger partial charge is 0.355 e. The normalized spacial score (nSPS) is 17.3. The highest BCUT2D eigenvalue weighted by Crippen LogP contribution is 2.23. The van der Waals surface area contributed by atoms with Crippen molar-refractivity contribution in [3.8, 4) is 0 Å². The van der Waals surface area contributed by atoms with E-state index in [1.54, 1.807) is 0 Å². The number of anilines is 1. The van der Waals surface area contributed by atoms with Gasteiger partial charge in [-0.25, -0.2) is 4.98 Å². The van der Waals surface area contributed by atoms with Crippen LogP contribution in [0.3, 0.4) is 0 Å². The number of benzene rings is 1. The molecule has 3 nitrogen and oxygen atoms in total. The second kappa shape index (κ2) is 4.73. The molecule has 0 aliphatic carbocycles. The maximum atomic E-state index is 5.94. The highest BCUT2D eigenvalue weighted by atomic mass is 35.5. The maximum absolute atomic E-state index is 5.94. The molecule has 0 spiro atoms. The summed E-state index contributed by atoms with van der Waals surface area (Å²) in [5.74, 6) is 1.81. The van der Waals surface area contributed by atoms with Gasteiger partial charge in [-0.05, 0) is 37.0 Å². The number of rotatable bonds is 1. The molecule has 4 heteroatoms. The molecule has 1 aliphatic rings. The lowest BCUT2D eigenvalue weighted by Gasteiger charge is -2.30. The van der Waals surface area contributed by atoms with Gasteiger partial charge in [0.2, 0.25) is 0 Å². The molecule has 18 heavy (non-hydrogen) atoms. The van der Waals surface area contributed by atoms with Gasteiger partial charge in [0.05, 0.1) is 17.2 Å². The van der Waals surface area contributed by atoms with Gasteiger partial charge in [0, 0.05) is 18.1 Å². The summed E-state index contributed by atoms with van der Waals surface area (Å²) in [6.45, 7) is 4.47. The van der Waals surface area contributed by atoms with Crippen molar-refractivity contribution in [3.05, 3.63) is 29.4 Å². The number of halogens is 1. The van der Waals surface area contributed by atoms with Crippen LogP contribution in [0.25, 0.3) is 11.0 Å². The summed E-state index contributed by atoms with van der Waals surface area (Å²) < 4.78 is 0. The SMILES string of the molecule is CC1CCN(c2cnc3cc(Cl)ccc3n2)CC1. The molecule has 0 N–H and O–H groups in total. The zero-order chi connectivity index (χ0) is 12.5. The molecule has 1 aromatic carbocycles. The van der Waals surface area contributed by atoms with Gasteiger partial charge in [0.25, 0.3) is 0 Å². The van der Waals surface area contributed by atoms with Gasteiger partial charge >= 0.3 is 0 Å². The molecular formula is C14H16ClN3. The van der Waals surface area contributed by atoms with Gasteiger partial charge in [0.1, 0.15) is 5.82 Å². The van der Waals surface area contributed by atoms with Crippen LogP contribution in [0, 0.1) is 5.92 Å². The van der Waals surface area contributed by atoms with Crippen molar-refractivity contribution in [1.29, 1.82) is 0 Å². The highest BCUT2D eigenvalue weighted by Gasteiger charge is 2.17. The fourth-order valence-corrected chi connectivity index (χ4v) is 2.53. The van der Waals surface area contributed by atoms with E-state index in [0.717, 1.165) is 35.9 Å². The van der Waals surface area contributed by atoms with Crippen molar-refractivity contribution < 1.29 is 0 Å². The topological polar surface area (TPSA) is 29.0 Å². The second-order valence-electron chi connectivity index (χ2n) is 5.03. The highest BCUT2D eigenvalue weighted by molar-refractivity contribution is 6.31. The average molecular weight is 262 g/mol. The molecule has 0 radical (unpaired) electrons. The third kappa shape index (κ3) is 2.27. The fourth-order valence-electron chi connectivity index (χ4n) is 2.36. The molecule has 3 rings (SSSR count). The van der Waals surface area contributed by atoms with Crippen molar-refractivity contribution in [2.75, 3.05) is 18.0 Å². The molecule has 1 aromatic heterocycles. The van der Waals surface area contributed by atoms with Crippen molar-refractivity contribution in [2.45, 2.75) is 19.8 Å². The quantitative estimate of drug-likeness (QED) is 0.787. The number of nitrogens with zero attached hydrogens (tertiary/aromatic N) is 3. The first-order valence-corrected chi connectivity index (χ1v) is 6.77. The van der Waals surface area contributed by atoms with E-state index in [9.17, 15) is 0 Å². The molecule has 2 aromatic rings. The third-order valence-corrected chi connectivity index (χ3v) is 3.83. The molecule has 2 heterocycles. The van der Waals surface area contributed by atoms with Crippen LogP contribution in [0.15, 0.2) is 24.4 Å². The first-order chi connectivity index (χ1) is 8.72. The fraction of sp³-hybridized carbons (Fsp3) is 0.429. The molecule has 1 fully saturated rings. The van der Waals surface area contributed by atoms with E-state index in [1.807, 2.05) is 24.4 Å². The molecule has 0 amide bonds. The minimum absolute atomic E-state index is 0.705. The Morgan fingerprint density at radius 2 is 2.00 bits per heavy atom. The first-order valence-electron chi connectivity index (χ1n) is 6.39. The molecule has 0 bridgehead atoms. The second-order valence-corrected chi connectivity index (χ2v) is 5.47. The maximum Gasteiger partial charge on any atom is 0.147 e. The number of hydrogen-bond donors (Lipinski definition) is 0. The van der Waals surface area contributed by atoms with Crippen molar-refractivity contribution in [3.63, 3.8) is 0 Å². The molecule has 0 atom stereocenters. The van der Waals surface area contributed by atoms with Crippen LogP contribution >= 0.6 is 11.6 Å². The average Bonchev–Trinajstić information content (AvgIpc) is 2.39. The summed E-state index contributed by atoms with van der Waals surface area (Å²) in [6, 6.07) is 5.65. The number of piperidine rings is 1. The van der Waals surface area contributed by atoms with Crippen molar-refractivity contribution >= 4 is 28.5 Å². The van der Waals surface area contributed by atoms with Gasteiger partial charge in [-0.3, -0.25) is 4.98 Å². The Kier molecular flexibility index (Phi) is 3.08. The summed E-state index contributed by atoms with van der Waals surface area (Å²) in [7, 11) is 0. The first kappa shape index (κ1) is 11.7. The summed E-state index contributed by atoms with van der Waals surface area (Å²) in [4.78, 5) is 11.4. The zero-order valence-electron chi connectivity index (χ0n) is 10.4. The predicted octanol–water partition coefficient (Wildman–Crippen LogP) is 3.52. The summed E-state index contributed by atoms with van der Waals surface area (Å²) >= 11 is 5.94. The Labute approximate surface area is 112 Å². The van der Waals surface area contributed by atoms with E-state index < -0.39 is 0 Å². The number of aromatic nitrogens is 2. The minimum Gasteiger partial charge on any atom is -0.355 e. The lowest BCUT2D eigenvalue weighted by Crippen LogP contribution is -2.33. The standard InChI is InChI=1S/C14H16ClN3/c1-10-4-6-18(7-5-10)14-9-16-13-8-11(15)2-3-12(13)17-14/h2-3,8-10H,4-7H2,1H3. The molecule has 0 unspecified atom stereocenters. The van der Waals surface area contributed by atoms with Crippen molar-refractivity contribution in [1.82, 2.24) is 9.97 Å². The Bertz CT molecular complexity index is 562. The molecule has 0 saturated carbocycles. The minimum atomic E-state index is 0.705. The van der Waals surface area contributed by atoms with E-state index in [-0.39, 0.29) is 0 Å². The van der Waals surface area contributed by atoms with E-state index in [0.29, 0.717) is 5.02 Å². The summed E-state index contributed by atoms with van der Waals surface area (Å²) in [6.07, 6.45) is 4.33. The monoisotopic (exact) mass is 261 g/mol. The van der Waals surface area contributed by atoms with Crippen LogP contribution in [0.4, 0.5) is 5.82 Å². The van der Waals surface area contributed by atoms with Gasteiger partial charge in [-0.1, -0.05) is 18.5 Å². The van der Waals surface area contributed by atoms with Crippen LogP contribution < -0.4 is 4.90 Å². The van der Waals surface area contributed by atoms with Crippen LogP contribution in [-0.4, -0.2) is 23.1 Å². The lowest BCUT2D eigenvalue weighted by molar-refractivity contribution is 0.436. The third-order valence-electron chi connectivity index (χ3n) is 3.60. The van der Waals surface area contributed by atoms with Crippen LogP contribution in [0.1, 0.15) is 19.8 Å². The van der Waals surface area contributed by atoms with Crippen molar-refractivity contribution in [2.24, 2.45) is 5.92 Å². The van der Waals surface area contributed by atoms with E-state index >= 15 is 0 Å².